The molecule has 1 amide bonds. The molecule has 2 aromatic rings. The highest BCUT2D eigenvalue weighted by atomic mass is 32.2. The molecule has 3 rings (SSSR count). The minimum atomic E-state index is -0.123. The van der Waals surface area contributed by atoms with Crippen LogP contribution in [0.25, 0.3) is 0 Å². The largest absolute Gasteiger partial charge is 0.284 e. The second-order valence-corrected chi connectivity index (χ2v) is 7.02. The van der Waals surface area contributed by atoms with E-state index < -0.39 is 0 Å². The van der Waals surface area contributed by atoms with Gasteiger partial charge in [-0.05, 0) is 25.0 Å². The SMILES string of the molecule is Cc1ccc(/C=N/N=C2/SC(C)C(=O)N2Cc2ccccc2)cc1. The average molecular weight is 337 g/mol. The molecule has 1 aliphatic heterocycles. The molecule has 5 heteroatoms. The van der Waals surface area contributed by atoms with Crippen LogP contribution < -0.4 is 0 Å². The van der Waals surface area contributed by atoms with E-state index in [1.807, 2.05) is 68.4 Å². The summed E-state index contributed by atoms with van der Waals surface area (Å²) >= 11 is 1.45. The van der Waals surface area contributed by atoms with Crippen LogP contribution in [0.15, 0.2) is 64.8 Å². The van der Waals surface area contributed by atoms with Crippen molar-refractivity contribution in [1.82, 2.24) is 4.90 Å². The third-order valence-electron chi connectivity index (χ3n) is 3.74. The first-order chi connectivity index (χ1) is 11.6. The van der Waals surface area contributed by atoms with E-state index in [4.69, 9.17) is 0 Å². The van der Waals surface area contributed by atoms with Crippen molar-refractivity contribution in [2.24, 2.45) is 10.2 Å². The van der Waals surface area contributed by atoms with Gasteiger partial charge in [-0.3, -0.25) is 9.69 Å². The smallest absolute Gasteiger partial charge is 0.242 e. The Morgan fingerprint density at radius 2 is 1.83 bits per heavy atom. The summed E-state index contributed by atoms with van der Waals surface area (Å²) in [4.78, 5) is 14.1. The number of amides is 1. The highest BCUT2D eigenvalue weighted by Crippen LogP contribution is 2.28. The van der Waals surface area contributed by atoms with Gasteiger partial charge < -0.3 is 0 Å². The zero-order valence-electron chi connectivity index (χ0n) is 13.7. The van der Waals surface area contributed by atoms with E-state index in [9.17, 15) is 4.79 Å². The van der Waals surface area contributed by atoms with Crippen molar-refractivity contribution in [1.29, 1.82) is 0 Å². The molecule has 1 fully saturated rings. The van der Waals surface area contributed by atoms with Crippen molar-refractivity contribution in [2.45, 2.75) is 25.6 Å². The summed E-state index contributed by atoms with van der Waals surface area (Å²) in [5, 5.41) is 8.97. The highest BCUT2D eigenvalue weighted by Gasteiger charge is 2.35. The first-order valence-corrected chi connectivity index (χ1v) is 8.71. The van der Waals surface area contributed by atoms with Crippen LogP contribution in [0.5, 0.6) is 0 Å². The van der Waals surface area contributed by atoms with Crippen molar-refractivity contribution in [2.75, 3.05) is 0 Å². The van der Waals surface area contributed by atoms with Gasteiger partial charge in [-0.15, -0.1) is 5.10 Å². The number of aryl methyl sites for hydroxylation is 1. The molecule has 4 nitrogen and oxygen atoms in total. The molecule has 1 atom stereocenters. The molecule has 1 aliphatic rings. The van der Waals surface area contributed by atoms with Gasteiger partial charge in [-0.25, -0.2) is 0 Å². The maximum Gasteiger partial charge on any atom is 0.242 e. The summed E-state index contributed by atoms with van der Waals surface area (Å²) in [6, 6.07) is 18.0. The van der Waals surface area contributed by atoms with Gasteiger partial charge >= 0.3 is 0 Å². The van der Waals surface area contributed by atoms with Gasteiger partial charge in [-0.2, -0.15) is 5.10 Å². The number of carbonyl (C=O) groups excluding carboxylic acids is 1. The van der Waals surface area contributed by atoms with Gasteiger partial charge in [0.25, 0.3) is 0 Å². The molecule has 24 heavy (non-hydrogen) atoms. The van der Waals surface area contributed by atoms with Crippen molar-refractivity contribution < 1.29 is 4.79 Å². The van der Waals surface area contributed by atoms with E-state index in [1.54, 1.807) is 11.1 Å². The Morgan fingerprint density at radius 3 is 2.54 bits per heavy atom. The number of hydrogen-bond acceptors (Lipinski definition) is 4. The van der Waals surface area contributed by atoms with Gasteiger partial charge in [0.05, 0.1) is 18.0 Å². The van der Waals surface area contributed by atoms with E-state index >= 15 is 0 Å². The Balaban J connectivity index is 1.76. The Kier molecular flexibility index (Phi) is 5.11. The number of thioether (sulfide) groups is 1. The maximum absolute atomic E-state index is 12.4. The van der Waals surface area contributed by atoms with Crippen LogP contribution >= 0.6 is 11.8 Å². The molecule has 0 spiro atoms. The quantitative estimate of drug-likeness (QED) is 0.628. The number of nitrogens with zero attached hydrogens (tertiary/aromatic N) is 3. The minimum Gasteiger partial charge on any atom is -0.284 e. The molecule has 1 unspecified atom stereocenters. The average Bonchev–Trinajstić information content (AvgIpc) is 2.85. The van der Waals surface area contributed by atoms with Crippen LogP contribution in [0, 0.1) is 6.92 Å². The molecule has 0 saturated carbocycles. The fourth-order valence-electron chi connectivity index (χ4n) is 2.37. The molecule has 0 bridgehead atoms. The van der Waals surface area contributed by atoms with Gasteiger partial charge in [0.1, 0.15) is 0 Å². The summed E-state index contributed by atoms with van der Waals surface area (Å²) in [5.41, 5.74) is 3.27. The second kappa shape index (κ2) is 7.45. The van der Waals surface area contributed by atoms with Gasteiger partial charge in [0.2, 0.25) is 5.91 Å². The Bertz CT molecular complexity index is 769. The molecular formula is C19H19N3OS. The summed E-state index contributed by atoms with van der Waals surface area (Å²) in [6.45, 7) is 4.47. The minimum absolute atomic E-state index is 0.0770. The molecule has 1 saturated heterocycles. The molecule has 0 radical (unpaired) electrons. The third kappa shape index (κ3) is 3.92. The summed E-state index contributed by atoms with van der Waals surface area (Å²) in [5.74, 6) is 0.0770. The zero-order valence-corrected chi connectivity index (χ0v) is 14.5. The Hall–Kier alpha value is -2.40. The number of hydrogen-bond donors (Lipinski definition) is 0. The van der Waals surface area contributed by atoms with E-state index in [-0.39, 0.29) is 11.2 Å². The molecule has 122 valence electrons. The fourth-order valence-corrected chi connectivity index (χ4v) is 3.29. The van der Waals surface area contributed by atoms with E-state index in [2.05, 4.69) is 10.2 Å². The number of carbonyl (C=O) groups is 1. The fraction of sp³-hybridized carbons (Fsp3) is 0.211. The predicted molar refractivity (Wildman–Crippen MR) is 100 cm³/mol. The highest BCUT2D eigenvalue weighted by molar-refractivity contribution is 8.15. The lowest BCUT2D eigenvalue weighted by Gasteiger charge is -2.15. The summed E-state index contributed by atoms with van der Waals surface area (Å²) in [7, 11) is 0. The third-order valence-corrected chi connectivity index (χ3v) is 4.81. The van der Waals surface area contributed by atoms with Crippen molar-refractivity contribution in [3.8, 4) is 0 Å². The van der Waals surface area contributed by atoms with Crippen LogP contribution in [-0.2, 0) is 11.3 Å². The molecule has 0 N–H and O–H groups in total. The second-order valence-electron chi connectivity index (χ2n) is 5.71. The molecule has 1 heterocycles. The lowest BCUT2D eigenvalue weighted by molar-refractivity contribution is -0.126. The zero-order chi connectivity index (χ0) is 16.9. The standard InChI is InChI=1S/C19H19N3OS/c1-14-8-10-16(11-9-14)12-20-21-19-22(18(23)15(2)24-19)13-17-6-4-3-5-7-17/h3-12,15H,13H2,1-2H3/b20-12+,21-19+. The maximum atomic E-state index is 12.4. The van der Waals surface area contributed by atoms with Crippen LogP contribution in [0.4, 0.5) is 0 Å². The lowest BCUT2D eigenvalue weighted by Crippen LogP contribution is -2.30. The molecule has 2 aromatic carbocycles. The van der Waals surface area contributed by atoms with Crippen LogP contribution in [-0.4, -0.2) is 27.4 Å². The first kappa shape index (κ1) is 16.5. The van der Waals surface area contributed by atoms with E-state index in [0.717, 1.165) is 11.1 Å². The van der Waals surface area contributed by atoms with Crippen LogP contribution in [0.1, 0.15) is 23.6 Å². The Labute approximate surface area is 146 Å². The number of rotatable bonds is 4. The summed E-state index contributed by atoms with van der Waals surface area (Å²) < 4.78 is 0. The van der Waals surface area contributed by atoms with Gasteiger partial charge in [-0.1, -0.05) is 71.9 Å². The van der Waals surface area contributed by atoms with Crippen molar-refractivity contribution >= 4 is 29.1 Å². The Morgan fingerprint density at radius 1 is 1.12 bits per heavy atom. The van der Waals surface area contributed by atoms with Gasteiger partial charge in [0, 0.05) is 0 Å². The van der Waals surface area contributed by atoms with Crippen LogP contribution in [0.3, 0.4) is 0 Å². The van der Waals surface area contributed by atoms with E-state index in [1.165, 1.54) is 17.3 Å². The topological polar surface area (TPSA) is 45.0 Å². The summed E-state index contributed by atoms with van der Waals surface area (Å²) in [6.07, 6.45) is 1.71. The van der Waals surface area contributed by atoms with E-state index in [0.29, 0.717) is 11.7 Å². The van der Waals surface area contributed by atoms with Crippen molar-refractivity contribution in [3.63, 3.8) is 0 Å². The molecule has 0 aliphatic carbocycles. The normalized spacial score (nSPS) is 19.6. The molecule has 0 aromatic heterocycles. The predicted octanol–water partition coefficient (Wildman–Crippen LogP) is 3.85. The number of amidine groups is 1. The number of benzene rings is 2. The monoisotopic (exact) mass is 337 g/mol. The lowest BCUT2D eigenvalue weighted by atomic mass is 10.2. The van der Waals surface area contributed by atoms with Gasteiger partial charge in [0.15, 0.2) is 5.17 Å². The molecular weight excluding hydrogens is 318 g/mol. The van der Waals surface area contributed by atoms with Crippen molar-refractivity contribution in [3.05, 3.63) is 71.3 Å². The van der Waals surface area contributed by atoms with Crippen LogP contribution in [0.2, 0.25) is 0 Å². The first-order valence-electron chi connectivity index (χ1n) is 7.83.